The normalized spacial score (nSPS) is 11.5. The van der Waals surface area contributed by atoms with Crippen LogP contribution in [0.15, 0.2) is 48.5 Å². The van der Waals surface area contributed by atoms with Crippen molar-refractivity contribution in [1.29, 1.82) is 5.26 Å². The van der Waals surface area contributed by atoms with E-state index >= 15 is 0 Å². The third-order valence-corrected chi connectivity index (χ3v) is 3.77. The molecule has 118 valence electrons. The predicted octanol–water partition coefficient (Wildman–Crippen LogP) is 3.59. The molecule has 0 amide bonds. The van der Waals surface area contributed by atoms with Crippen LogP contribution in [0.4, 0.5) is 5.69 Å². The van der Waals surface area contributed by atoms with Crippen molar-refractivity contribution in [3.63, 3.8) is 0 Å². The second-order valence-electron chi connectivity index (χ2n) is 5.76. The highest BCUT2D eigenvalue weighted by Gasteiger charge is 2.17. The summed E-state index contributed by atoms with van der Waals surface area (Å²) in [6, 6.07) is 17.5. The van der Waals surface area contributed by atoms with E-state index in [1.165, 1.54) is 5.56 Å². The molecule has 2 aromatic carbocycles. The van der Waals surface area contributed by atoms with Gasteiger partial charge in [-0.1, -0.05) is 36.8 Å². The van der Waals surface area contributed by atoms with Gasteiger partial charge < -0.3 is 10.0 Å². The molecule has 0 saturated carbocycles. The Kier molecular flexibility index (Phi) is 5.37. The monoisotopic (exact) mass is 308 g/mol. The fourth-order valence-electron chi connectivity index (χ4n) is 2.33. The van der Waals surface area contributed by atoms with Crippen molar-refractivity contribution < 1.29 is 9.90 Å². The van der Waals surface area contributed by atoms with Crippen LogP contribution in [0.1, 0.15) is 23.6 Å². The molecule has 0 aliphatic rings. The van der Waals surface area contributed by atoms with E-state index < -0.39 is 11.9 Å². The number of carboxylic acid groups (broad SMARTS) is 1. The van der Waals surface area contributed by atoms with E-state index in [1.807, 2.05) is 43.3 Å². The minimum atomic E-state index is -0.804. The quantitative estimate of drug-likeness (QED) is 0.885. The van der Waals surface area contributed by atoms with Crippen molar-refractivity contribution in [2.24, 2.45) is 5.92 Å². The summed E-state index contributed by atoms with van der Waals surface area (Å²) < 4.78 is 0. The standard InChI is InChI=1S/C19H20N2O2/c1-14-3-9-18(10-4-14)21(12-15(2)19(22)23)13-17-7-5-16(11-20)6-8-17/h3-10,15H,12-13H2,1-2H3,(H,22,23). The van der Waals surface area contributed by atoms with Gasteiger partial charge in [-0.2, -0.15) is 5.26 Å². The molecule has 0 aromatic heterocycles. The van der Waals surface area contributed by atoms with Crippen LogP contribution in [-0.4, -0.2) is 17.6 Å². The smallest absolute Gasteiger partial charge is 0.308 e. The van der Waals surface area contributed by atoms with Gasteiger partial charge in [0.1, 0.15) is 0 Å². The SMILES string of the molecule is Cc1ccc(N(Cc2ccc(C#N)cc2)CC(C)C(=O)O)cc1. The highest BCUT2D eigenvalue weighted by Crippen LogP contribution is 2.20. The molecule has 1 unspecified atom stereocenters. The van der Waals surface area contributed by atoms with Crippen molar-refractivity contribution in [3.8, 4) is 6.07 Å². The molecule has 0 saturated heterocycles. The van der Waals surface area contributed by atoms with E-state index in [-0.39, 0.29) is 0 Å². The topological polar surface area (TPSA) is 64.3 Å². The average Bonchev–Trinajstić information content (AvgIpc) is 2.55. The third kappa shape index (κ3) is 4.58. The number of carboxylic acids is 1. The number of anilines is 1. The second-order valence-corrected chi connectivity index (χ2v) is 5.76. The molecular formula is C19H20N2O2. The first-order valence-corrected chi connectivity index (χ1v) is 7.53. The van der Waals surface area contributed by atoms with Crippen molar-refractivity contribution in [1.82, 2.24) is 0 Å². The largest absolute Gasteiger partial charge is 0.481 e. The zero-order chi connectivity index (χ0) is 16.8. The van der Waals surface area contributed by atoms with E-state index in [2.05, 4.69) is 11.0 Å². The summed E-state index contributed by atoms with van der Waals surface area (Å²) in [5.74, 6) is -1.27. The summed E-state index contributed by atoms with van der Waals surface area (Å²) in [4.78, 5) is 13.2. The molecule has 0 spiro atoms. The number of rotatable bonds is 6. The second kappa shape index (κ2) is 7.46. The van der Waals surface area contributed by atoms with Gasteiger partial charge in [0, 0.05) is 18.8 Å². The maximum absolute atomic E-state index is 11.2. The summed E-state index contributed by atoms with van der Waals surface area (Å²) in [5.41, 5.74) is 3.82. The van der Waals surface area contributed by atoms with E-state index in [0.29, 0.717) is 18.7 Å². The number of nitriles is 1. The van der Waals surface area contributed by atoms with Gasteiger partial charge in [0.05, 0.1) is 17.6 Å². The summed E-state index contributed by atoms with van der Waals surface area (Å²) in [6.45, 7) is 4.77. The molecule has 4 heteroatoms. The summed E-state index contributed by atoms with van der Waals surface area (Å²) in [5, 5.41) is 18.1. The van der Waals surface area contributed by atoms with Crippen LogP contribution in [-0.2, 0) is 11.3 Å². The Bertz CT molecular complexity index is 700. The molecule has 0 fully saturated rings. The zero-order valence-electron chi connectivity index (χ0n) is 13.4. The molecule has 2 rings (SSSR count). The van der Waals surface area contributed by atoms with Gasteiger partial charge in [-0.25, -0.2) is 0 Å². The van der Waals surface area contributed by atoms with Crippen LogP contribution in [0.3, 0.4) is 0 Å². The molecule has 4 nitrogen and oxygen atoms in total. The van der Waals surface area contributed by atoms with Gasteiger partial charge in [-0.05, 0) is 36.8 Å². The van der Waals surface area contributed by atoms with E-state index in [9.17, 15) is 9.90 Å². The lowest BCUT2D eigenvalue weighted by Crippen LogP contribution is -2.31. The van der Waals surface area contributed by atoms with Crippen LogP contribution in [0, 0.1) is 24.2 Å². The Hall–Kier alpha value is -2.80. The Morgan fingerprint density at radius 1 is 1.17 bits per heavy atom. The number of aliphatic carboxylic acids is 1. The Morgan fingerprint density at radius 3 is 2.30 bits per heavy atom. The number of nitrogens with zero attached hydrogens (tertiary/aromatic N) is 2. The first-order valence-electron chi connectivity index (χ1n) is 7.53. The zero-order valence-corrected chi connectivity index (χ0v) is 13.4. The summed E-state index contributed by atoms with van der Waals surface area (Å²) >= 11 is 0. The fraction of sp³-hybridized carbons (Fsp3) is 0.263. The maximum atomic E-state index is 11.2. The minimum Gasteiger partial charge on any atom is -0.481 e. The van der Waals surface area contributed by atoms with Gasteiger partial charge in [-0.3, -0.25) is 4.79 Å². The fourth-order valence-corrected chi connectivity index (χ4v) is 2.33. The van der Waals surface area contributed by atoms with Crippen LogP contribution in [0.5, 0.6) is 0 Å². The lowest BCUT2D eigenvalue weighted by atomic mass is 10.1. The molecule has 2 aromatic rings. The van der Waals surface area contributed by atoms with Gasteiger partial charge in [-0.15, -0.1) is 0 Å². The maximum Gasteiger partial charge on any atom is 0.308 e. The van der Waals surface area contributed by atoms with E-state index in [0.717, 1.165) is 11.3 Å². The molecule has 1 atom stereocenters. The van der Waals surface area contributed by atoms with Gasteiger partial charge >= 0.3 is 5.97 Å². The number of aryl methyl sites for hydroxylation is 1. The number of carbonyl (C=O) groups is 1. The highest BCUT2D eigenvalue weighted by molar-refractivity contribution is 5.70. The molecular weight excluding hydrogens is 288 g/mol. The van der Waals surface area contributed by atoms with E-state index in [4.69, 9.17) is 5.26 Å². The predicted molar refractivity (Wildman–Crippen MR) is 90.2 cm³/mol. The lowest BCUT2D eigenvalue weighted by molar-refractivity contribution is -0.140. The minimum absolute atomic E-state index is 0.429. The van der Waals surface area contributed by atoms with Crippen LogP contribution in [0.25, 0.3) is 0 Å². The van der Waals surface area contributed by atoms with Crippen molar-refractivity contribution >= 4 is 11.7 Å². The number of benzene rings is 2. The molecule has 0 radical (unpaired) electrons. The molecule has 23 heavy (non-hydrogen) atoms. The Labute approximate surface area is 136 Å². The molecule has 0 aliphatic carbocycles. The molecule has 1 N–H and O–H groups in total. The molecule has 0 heterocycles. The van der Waals surface area contributed by atoms with Crippen LogP contribution < -0.4 is 4.90 Å². The van der Waals surface area contributed by atoms with Crippen LogP contribution >= 0.6 is 0 Å². The van der Waals surface area contributed by atoms with Crippen molar-refractivity contribution in [2.45, 2.75) is 20.4 Å². The Balaban J connectivity index is 2.23. The average molecular weight is 308 g/mol. The summed E-state index contributed by atoms with van der Waals surface area (Å²) in [6.07, 6.45) is 0. The summed E-state index contributed by atoms with van der Waals surface area (Å²) in [7, 11) is 0. The Morgan fingerprint density at radius 2 is 1.78 bits per heavy atom. The first kappa shape index (κ1) is 16.6. The van der Waals surface area contributed by atoms with Gasteiger partial charge in [0.15, 0.2) is 0 Å². The lowest BCUT2D eigenvalue weighted by Gasteiger charge is -2.27. The van der Waals surface area contributed by atoms with Gasteiger partial charge in [0.25, 0.3) is 0 Å². The molecule has 0 bridgehead atoms. The number of hydrogen-bond donors (Lipinski definition) is 1. The molecule has 0 aliphatic heterocycles. The highest BCUT2D eigenvalue weighted by atomic mass is 16.4. The number of hydrogen-bond acceptors (Lipinski definition) is 3. The third-order valence-electron chi connectivity index (χ3n) is 3.77. The van der Waals surface area contributed by atoms with E-state index in [1.54, 1.807) is 19.1 Å². The van der Waals surface area contributed by atoms with Gasteiger partial charge in [0.2, 0.25) is 0 Å². The van der Waals surface area contributed by atoms with Crippen molar-refractivity contribution in [2.75, 3.05) is 11.4 Å². The first-order chi connectivity index (χ1) is 11.0. The van der Waals surface area contributed by atoms with Crippen LogP contribution in [0.2, 0.25) is 0 Å². The van der Waals surface area contributed by atoms with Crippen molar-refractivity contribution in [3.05, 3.63) is 65.2 Å².